The Hall–Kier alpha value is -2.92. The van der Waals surface area contributed by atoms with Crippen LogP contribution < -0.4 is 5.73 Å². The quantitative estimate of drug-likeness (QED) is 0.706. The van der Waals surface area contributed by atoms with E-state index >= 15 is 0 Å². The van der Waals surface area contributed by atoms with E-state index in [9.17, 15) is 9.59 Å². The van der Waals surface area contributed by atoms with Crippen molar-refractivity contribution in [2.75, 3.05) is 13.1 Å². The Morgan fingerprint density at radius 2 is 1.83 bits per heavy atom. The van der Waals surface area contributed by atoms with E-state index in [-0.39, 0.29) is 17.7 Å². The number of likely N-dealkylation sites (tertiary alicyclic amines) is 1. The molecule has 0 radical (unpaired) electrons. The number of primary amides is 1. The first-order valence-corrected chi connectivity index (χ1v) is 10.1. The number of carbonyl (C=O) groups is 2. The summed E-state index contributed by atoms with van der Waals surface area (Å²) in [6.45, 7) is 3.03. The topological polar surface area (TPSA) is 76.3 Å². The molecule has 1 aliphatic heterocycles. The number of piperidine rings is 1. The lowest BCUT2D eigenvalue weighted by molar-refractivity contribution is -0.123. The Balaban J connectivity index is 1.78. The van der Waals surface area contributed by atoms with Gasteiger partial charge in [0.25, 0.3) is 5.91 Å². The molecule has 0 bridgehead atoms. The number of aryl methyl sites for hydroxylation is 1. The number of carbonyl (C=O) groups excluding carboxylic acids is 2. The minimum absolute atomic E-state index is 0.0563. The van der Waals surface area contributed by atoms with Crippen molar-refractivity contribution in [2.45, 2.75) is 19.8 Å². The largest absolute Gasteiger partial charge is 0.369 e. The van der Waals surface area contributed by atoms with Gasteiger partial charge in [0.05, 0.1) is 16.8 Å². The third kappa shape index (κ3) is 3.83. The molecule has 4 rings (SSSR count). The fourth-order valence-corrected chi connectivity index (χ4v) is 4.09. The summed E-state index contributed by atoms with van der Waals surface area (Å²) in [6, 6.07) is 15.2. The number of benzene rings is 2. The summed E-state index contributed by atoms with van der Waals surface area (Å²) in [5, 5.41) is 1.41. The number of hydrogen-bond donors (Lipinski definition) is 1. The molecule has 1 fully saturated rings. The Kier molecular flexibility index (Phi) is 5.24. The van der Waals surface area contributed by atoms with Gasteiger partial charge in [-0.3, -0.25) is 9.59 Å². The molecular formula is C23H22ClN3O2. The lowest BCUT2D eigenvalue weighted by Crippen LogP contribution is -2.41. The first-order chi connectivity index (χ1) is 13.9. The lowest BCUT2D eigenvalue weighted by Gasteiger charge is -2.31. The summed E-state index contributed by atoms with van der Waals surface area (Å²) in [4.78, 5) is 31.4. The average Bonchev–Trinajstić information content (AvgIpc) is 2.73. The summed E-state index contributed by atoms with van der Waals surface area (Å²) in [6.07, 6.45) is 1.20. The molecule has 2 N–H and O–H groups in total. The molecule has 0 atom stereocenters. The number of rotatable bonds is 3. The number of amides is 2. The molecule has 0 saturated carbocycles. The third-order valence-corrected chi connectivity index (χ3v) is 5.86. The number of nitrogens with zero attached hydrogens (tertiary/aromatic N) is 2. The maximum Gasteiger partial charge on any atom is 0.254 e. The molecule has 148 valence electrons. The Labute approximate surface area is 174 Å². The normalized spacial score (nSPS) is 14.9. The standard InChI is InChI=1S/C23H22ClN3O2/c1-14-6-7-20-17(12-14)18(13-21(26-20)16-4-2-3-5-19(16)24)23(29)27-10-8-15(9-11-27)22(25)28/h2-7,12-13,15H,8-11H2,1H3,(H2,25,28). The Morgan fingerprint density at radius 1 is 1.10 bits per heavy atom. The van der Waals surface area contributed by atoms with E-state index in [2.05, 4.69) is 0 Å². The van der Waals surface area contributed by atoms with Crippen LogP contribution >= 0.6 is 11.6 Å². The molecule has 3 aromatic rings. The van der Waals surface area contributed by atoms with Crippen LogP contribution in [-0.4, -0.2) is 34.8 Å². The van der Waals surface area contributed by atoms with Gasteiger partial charge in [-0.2, -0.15) is 0 Å². The summed E-state index contributed by atoms with van der Waals surface area (Å²) in [7, 11) is 0. The van der Waals surface area contributed by atoms with Crippen LogP contribution in [0.3, 0.4) is 0 Å². The maximum atomic E-state index is 13.4. The molecule has 0 spiro atoms. The monoisotopic (exact) mass is 407 g/mol. The summed E-state index contributed by atoms with van der Waals surface area (Å²) in [5.74, 6) is -0.503. The van der Waals surface area contributed by atoms with Crippen molar-refractivity contribution in [3.63, 3.8) is 0 Å². The van der Waals surface area contributed by atoms with E-state index in [4.69, 9.17) is 22.3 Å². The molecule has 6 heteroatoms. The molecule has 0 unspecified atom stereocenters. The van der Waals surface area contributed by atoms with Crippen molar-refractivity contribution in [1.29, 1.82) is 0 Å². The summed E-state index contributed by atoms with van der Waals surface area (Å²) >= 11 is 6.38. The van der Waals surface area contributed by atoms with Crippen LogP contribution in [0.1, 0.15) is 28.8 Å². The van der Waals surface area contributed by atoms with E-state index in [0.717, 1.165) is 22.0 Å². The smallest absolute Gasteiger partial charge is 0.254 e. The Bertz CT molecular complexity index is 1100. The third-order valence-electron chi connectivity index (χ3n) is 5.53. The number of nitrogens with two attached hydrogens (primary N) is 1. The van der Waals surface area contributed by atoms with Crippen LogP contribution in [0.5, 0.6) is 0 Å². The molecule has 1 aromatic heterocycles. The molecule has 5 nitrogen and oxygen atoms in total. The van der Waals surface area contributed by atoms with Crippen LogP contribution in [0.2, 0.25) is 5.02 Å². The van der Waals surface area contributed by atoms with Crippen molar-refractivity contribution >= 4 is 34.3 Å². The van der Waals surface area contributed by atoms with Crippen molar-refractivity contribution in [3.05, 3.63) is 64.7 Å². The van der Waals surface area contributed by atoms with Gasteiger partial charge < -0.3 is 10.6 Å². The number of hydrogen-bond acceptors (Lipinski definition) is 3. The van der Waals surface area contributed by atoms with Crippen LogP contribution in [0.4, 0.5) is 0 Å². The van der Waals surface area contributed by atoms with Crippen LogP contribution in [0, 0.1) is 12.8 Å². The van der Waals surface area contributed by atoms with Gasteiger partial charge >= 0.3 is 0 Å². The second-order valence-electron chi connectivity index (χ2n) is 7.52. The number of aromatic nitrogens is 1. The molecule has 0 aliphatic carbocycles. The van der Waals surface area contributed by atoms with Crippen LogP contribution in [0.25, 0.3) is 22.2 Å². The molecule has 29 heavy (non-hydrogen) atoms. The van der Waals surface area contributed by atoms with Gasteiger partial charge in [-0.05, 0) is 44.0 Å². The molecule has 1 aliphatic rings. The average molecular weight is 408 g/mol. The second kappa shape index (κ2) is 7.84. The first-order valence-electron chi connectivity index (χ1n) is 9.69. The van der Waals surface area contributed by atoms with Crippen LogP contribution in [-0.2, 0) is 4.79 Å². The van der Waals surface area contributed by atoms with Gasteiger partial charge in [0.15, 0.2) is 0 Å². The van der Waals surface area contributed by atoms with Gasteiger partial charge in [0.1, 0.15) is 0 Å². The minimum Gasteiger partial charge on any atom is -0.369 e. The molecule has 2 aromatic carbocycles. The first kappa shape index (κ1) is 19.4. The van der Waals surface area contributed by atoms with Crippen molar-refractivity contribution < 1.29 is 9.59 Å². The highest BCUT2D eigenvalue weighted by Gasteiger charge is 2.28. The second-order valence-corrected chi connectivity index (χ2v) is 7.93. The van der Waals surface area contributed by atoms with Crippen molar-refractivity contribution in [1.82, 2.24) is 9.88 Å². The SMILES string of the molecule is Cc1ccc2nc(-c3ccccc3Cl)cc(C(=O)N3CCC(C(N)=O)CC3)c2c1. The summed E-state index contributed by atoms with van der Waals surface area (Å²) < 4.78 is 0. The highest BCUT2D eigenvalue weighted by Crippen LogP contribution is 2.31. The minimum atomic E-state index is -0.289. The van der Waals surface area contributed by atoms with Crippen molar-refractivity contribution in [3.8, 4) is 11.3 Å². The van der Waals surface area contributed by atoms with E-state index in [1.54, 1.807) is 4.90 Å². The van der Waals surface area contributed by atoms with Gasteiger partial charge in [-0.1, -0.05) is 41.4 Å². The molecule has 1 saturated heterocycles. The number of fused-ring (bicyclic) bond motifs is 1. The van der Waals surface area contributed by atoms with E-state index in [1.807, 2.05) is 55.5 Å². The van der Waals surface area contributed by atoms with E-state index in [1.165, 1.54) is 0 Å². The predicted molar refractivity (Wildman–Crippen MR) is 115 cm³/mol. The lowest BCUT2D eigenvalue weighted by atomic mass is 9.95. The van der Waals surface area contributed by atoms with Gasteiger partial charge in [0, 0.05) is 35.0 Å². The molecule has 2 amide bonds. The van der Waals surface area contributed by atoms with E-state index in [0.29, 0.717) is 42.2 Å². The molecular weight excluding hydrogens is 386 g/mol. The van der Waals surface area contributed by atoms with Crippen LogP contribution in [0.15, 0.2) is 48.5 Å². The zero-order valence-electron chi connectivity index (χ0n) is 16.2. The zero-order chi connectivity index (χ0) is 20.5. The Morgan fingerprint density at radius 3 is 2.52 bits per heavy atom. The highest BCUT2D eigenvalue weighted by atomic mass is 35.5. The van der Waals surface area contributed by atoms with Crippen molar-refractivity contribution in [2.24, 2.45) is 11.7 Å². The number of pyridine rings is 1. The predicted octanol–water partition coefficient (Wildman–Crippen LogP) is 4.20. The van der Waals surface area contributed by atoms with Gasteiger partial charge in [-0.25, -0.2) is 4.98 Å². The van der Waals surface area contributed by atoms with E-state index < -0.39 is 0 Å². The highest BCUT2D eigenvalue weighted by molar-refractivity contribution is 6.33. The van der Waals surface area contributed by atoms with Gasteiger partial charge in [-0.15, -0.1) is 0 Å². The number of halogens is 1. The fourth-order valence-electron chi connectivity index (χ4n) is 3.86. The maximum absolute atomic E-state index is 13.4. The zero-order valence-corrected chi connectivity index (χ0v) is 16.9. The fraction of sp³-hybridized carbons (Fsp3) is 0.261. The summed E-state index contributed by atoms with van der Waals surface area (Å²) in [5.41, 5.74) is 9.30. The van der Waals surface area contributed by atoms with Gasteiger partial charge in [0.2, 0.25) is 5.91 Å². The molecule has 2 heterocycles.